The molecule has 0 spiro atoms. The van der Waals surface area contributed by atoms with Gasteiger partial charge in [-0.25, -0.2) is 0 Å². The van der Waals surface area contributed by atoms with E-state index in [1.54, 1.807) is 24.3 Å². The number of hydrogen-bond acceptors (Lipinski definition) is 6. The number of carbonyl (C=O) groups excluding carboxylic acids is 2. The number of thioether (sulfide) groups is 1. The van der Waals surface area contributed by atoms with Gasteiger partial charge in [0, 0.05) is 19.5 Å². The second-order valence-electron chi connectivity index (χ2n) is 5.94. The molecule has 0 aliphatic carbocycles. The van der Waals surface area contributed by atoms with Crippen molar-refractivity contribution in [3.05, 3.63) is 57.5 Å². The van der Waals surface area contributed by atoms with Crippen molar-refractivity contribution in [2.45, 2.75) is 25.0 Å². The van der Waals surface area contributed by atoms with Crippen molar-refractivity contribution >= 4 is 52.2 Å². The van der Waals surface area contributed by atoms with Crippen LogP contribution in [0.5, 0.6) is 0 Å². The average Bonchev–Trinajstić information content (AvgIpc) is 3.38. The van der Waals surface area contributed by atoms with Gasteiger partial charge in [0.2, 0.25) is 5.91 Å². The Morgan fingerprint density at radius 2 is 2.03 bits per heavy atom. The topological polar surface area (TPSA) is 88.9 Å². The molecule has 2 aromatic heterocycles. The molecule has 0 radical (unpaired) electrons. The molecule has 152 valence electrons. The fourth-order valence-electron chi connectivity index (χ4n) is 2.59. The second-order valence-corrected chi connectivity index (χ2v) is 8.24. The zero-order valence-electron chi connectivity index (χ0n) is 15.7. The molecule has 0 aliphatic rings. The number of rotatable bonds is 9. The van der Waals surface area contributed by atoms with E-state index in [1.807, 2.05) is 29.0 Å². The summed E-state index contributed by atoms with van der Waals surface area (Å²) >= 11 is 8.78. The summed E-state index contributed by atoms with van der Waals surface area (Å²) in [5.74, 6) is 0.707. The number of halogens is 1. The highest BCUT2D eigenvalue weighted by atomic mass is 35.5. The van der Waals surface area contributed by atoms with Gasteiger partial charge in [-0.15, -0.1) is 21.5 Å². The van der Waals surface area contributed by atoms with E-state index >= 15 is 0 Å². The first-order valence-electron chi connectivity index (χ1n) is 8.99. The van der Waals surface area contributed by atoms with Crippen LogP contribution in [-0.2, 0) is 17.8 Å². The molecule has 2 heterocycles. The lowest BCUT2D eigenvalue weighted by atomic mass is 10.3. The van der Waals surface area contributed by atoms with Gasteiger partial charge >= 0.3 is 0 Å². The maximum absolute atomic E-state index is 12.2. The van der Waals surface area contributed by atoms with Crippen LogP contribution in [0.4, 0.5) is 5.69 Å². The van der Waals surface area contributed by atoms with Crippen molar-refractivity contribution < 1.29 is 9.59 Å². The molecule has 2 N–H and O–H groups in total. The van der Waals surface area contributed by atoms with Crippen molar-refractivity contribution in [3.8, 4) is 0 Å². The van der Waals surface area contributed by atoms with Crippen LogP contribution in [-0.4, -0.2) is 38.9 Å². The van der Waals surface area contributed by atoms with Gasteiger partial charge in [-0.3, -0.25) is 9.59 Å². The Labute approximate surface area is 181 Å². The first kappa shape index (κ1) is 21.4. The van der Waals surface area contributed by atoms with E-state index in [4.69, 9.17) is 11.6 Å². The SMILES string of the molecule is CCn1c(CCNC(=O)c2cccs2)nnc1SCC(=O)Nc1ccccc1Cl. The number of anilines is 1. The summed E-state index contributed by atoms with van der Waals surface area (Å²) in [6, 6.07) is 10.7. The van der Waals surface area contributed by atoms with E-state index in [0.717, 1.165) is 5.82 Å². The van der Waals surface area contributed by atoms with Gasteiger partial charge in [-0.05, 0) is 30.5 Å². The van der Waals surface area contributed by atoms with Gasteiger partial charge in [0.25, 0.3) is 5.91 Å². The van der Waals surface area contributed by atoms with Gasteiger partial charge in [-0.1, -0.05) is 41.6 Å². The summed E-state index contributed by atoms with van der Waals surface area (Å²) in [7, 11) is 0. The van der Waals surface area contributed by atoms with Gasteiger partial charge in [-0.2, -0.15) is 0 Å². The summed E-state index contributed by atoms with van der Waals surface area (Å²) < 4.78 is 1.95. The maximum atomic E-state index is 12.2. The molecule has 1 aromatic carbocycles. The molecular weight excluding hydrogens is 430 g/mol. The van der Waals surface area contributed by atoms with Crippen molar-refractivity contribution in [1.82, 2.24) is 20.1 Å². The van der Waals surface area contributed by atoms with Crippen LogP contribution < -0.4 is 10.6 Å². The zero-order chi connectivity index (χ0) is 20.6. The third-order valence-corrected chi connectivity index (χ3v) is 6.13. The van der Waals surface area contributed by atoms with Crippen LogP contribution in [0.1, 0.15) is 22.4 Å². The highest BCUT2D eigenvalue weighted by Gasteiger charge is 2.14. The first-order chi connectivity index (χ1) is 14.1. The standard InChI is InChI=1S/C19H20ClN5O2S2/c1-2-25-16(9-10-21-18(27)15-8-5-11-28-15)23-24-19(25)29-12-17(26)22-14-7-4-3-6-13(14)20/h3-8,11H,2,9-10,12H2,1H3,(H,21,27)(H,22,26). The minimum Gasteiger partial charge on any atom is -0.351 e. The molecule has 29 heavy (non-hydrogen) atoms. The molecule has 0 atom stereocenters. The van der Waals surface area contributed by atoms with E-state index in [1.165, 1.54) is 23.1 Å². The van der Waals surface area contributed by atoms with E-state index in [0.29, 0.717) is 40.3 Å². The number of thiophene rings is 1. The summed E-state index contributed by atoms with van der Waals surface area (Å²) in [6.45, 7) is 3.13. The summed E-state index contributed by atoms with van der Waals surface area (Å²) in [5, 5.41) is 17.1. The molecule has 3 aromatic rings. The Bertz CT molecular complexity index is 975. The quantitative estimate of drug-likeness (QED) is 0.486. The number of nitrogens with one attached hydrogen (secondary N) is 2. The van der Waals surface area contributed by atoms with Crippen LogP contribution in [0.2, 0.25) is 5.02 Å². The number of benzene rings is 1. The predicted octanol–water partition coefficient (Wildman–Crippen LogP) is 3.72. The lowest BCUT2D eigenvalue weighted by molar-refractivity contribution is -0.113. The van der Waals surface area contributed by atoms with E-state index in [2.05, 4.69) is 20.8 Å². The number of amides is 2. The van der Waals surface area contributed by atoms with E-state index < -0.39 is 0 Å². The van der Waals surface area contributed by atoms with Crippen LogP contribution in [0, 0.1) is 0 Å². The predicted molar refractivity (Wildman–Crippen MR) is 117 cm³/mol. The third kappa shape index (κ3) is 5.81. The van der Waals surface area contributed by atoms with E-state index in [-0.39, 0.29) is 17.6 Å². The molecule has 0 aliphatic heterocycles. The van der Waals surface area contributed by atoms with Crippen LogP contribution in [0.15, 0.2) is 46.9 Å². The number of para-hydroxylation sites is 1. The molecule has 0 bridgehead atoms. The Morgan fingerprint density at radius 3 is 2.76 bits per heavy atom. The highest BCUT2D eigenvalue weighted by molar-refractivity contribution is 7.99. The molecule has 7 nitrogen and oxygen atoms in total. The number of hydrogen-bond donors (Lipinski definition) is 2. The fourth-order valence-corrected chi connectivity index (χ4v) is 4.23. The molecule has 0 saturated carbocycles. The van der Waals surface area contributed by atoms with E-state index in [9.17, 15) is 9.59 Å². The number of carbonyl (C=O) groups is 2. The maximum Gasteiger partial charge on any atom is 0.261 e. The number of aromatic nitrogens is 3. The van der Waals surface area contributed by atoms with Crippen LogP contribution >= 0.6 is 34.7 Å². The van der Waals surface area contributed by atoms with Crippen molar-refractivity contribution in [3.63, 3.8) is 0 Å². The Kier molecular flexibility index (Phi) is 7.68. The fraction of sp³-hybridized carbons (Fsp3) is 0.263. The molecule has 0 unspecified atom stereocenters. The lowest BCUT2D eigenvalue weighted by Gasteiger charge is -2.09. The van der Waals surface area contributed by atoms with Gasteiger partial charge < -0.3 is 15.2 Å². The summed E-state index contributed by atoms with van der Waals surface area (Å²) in [6.07, 6.45) is 0.560. The minimum atomic E-state index is -0.168. The highest BCUT2D eigenvalue weighted by Crippen LogP contribution is 2.22. The molecule has 0 saturated heterocycles. The van der Waals surface area contributed by atoms with Crippen molar-refractivity contribution in [1.29, 1.82) is 0 Å². The normalized spacial score (nSPS) is 10.7. The Balaban J connectivity index is 1.51. The van der Waals surface area contributed by atoms with Crippen LogP contribution in [0.25, 0.3) is 0 Å². The zero-order valence-corrected chi connectivity index (χ0v) is 18.1. The largest absolute Gasteiger partial charge is 0.351 e. The molecule has 3 rings (SSSR count). The molecule has 10 heteroatoms. The van der Waals surface area contributed by atoms with Gasteiger partial charge in [0.05, 0.1) is 21.3 Å². The second kappa shape index (κ2) is 10.4. The number of nitrogens with zero attached hydrogens (tertiary/aromatic N) is 3. The molecule has 0 fully saturated rings. The van der Waals surface area contributed by atoms with Crippen molar-refractivity contribution in [2.75, 3.05) is 17.6 Å². The molecular formula is C19H20ClN5O2S2. The van der Waals surface area contributed by atoms with Crippen LogP contribution in [0.3, 0.4) is 0 Å². The smallest absolute Gasteiger partial charge is 0.261 e. The summed E-state index contributed by atoms with van der Waals surface area (Å²) in [5.41, 5.74) is 0.582. The summed E-state index contributed by atoms with van der Waals surface area (Å²) in [4.78, 5) is 24.9. The van der Waals surface area contributed by atoms with Gasteiger partial charge in [0.15, 0.2) is 5.16 Å². The van der Waals surface area contributed by atoms with Gasteiger partial charge in [0.1, 0.15) is 5.82 Å². The average molecular weight is 450 g/mol. The monoisotopic (exact) mass is 449 g/mol. The third-order valence-electron chi connectivity index (χ3n) is 3.97. The Morgan fingerprint density at radius 1 is 1.21 bits per heavy atom. The lowest BCUT2D eigenvalue weighted by Crippen LogP contribution is -2.25. The van der Waals surface area contributed by atoms with Crippen molar-refractivity contribution in [2.24, 2.45) is 0 Å². The Hall–Kier alpha value is -2.36. The molecule has 2 amide bonds. The minimum absolute atomic E-state index is 0.0894. The first-order valence-corrected chi connectivity index (χ1v) is 11.2.